The topological polar surface area (TPSA) is 54.6 Å². The molecule has 2 aromatic rings. The predicted molar refractivity (Wildman–Crippen MR) is 62.1 cm³/mol. The summed E-state index contributed by atoms with van der Waals surface area (Å²) in [6.45, 7) is 0. The number of hydrogen-bond acceptors (Lipinski definition) is 2. The van der Waals surface area contributed by atoms with Gasteiger partial charge < -0.3 is 9.51 Å². The fourth-order valence-corrected chi connectivity index (χ4v) is 1.77. The van der Waals surface area contributed by atoms with Crippen LogP contribution < -0.4 is 0 Å². The molecule has 0 fully saturated rings. The number of halogens is 2. The van der Waals surface area contributed by atoms with Crippen molar-refractivity contribution in [2.75, 3.05) is 0 Å². The average Bonchev–Trinajstić information content (AvgIpc) is 2.49. The van der Waals surface area contributed by atoms with E-state index in [1.807, 2.05) is 6.20 Å². The minimum Gasteiger partial charge on any atom is -0.478 e. The highest BCUT2D eigenvalue weighted by molar-refractivity contribution is 14.1. The first-order valence-corrected chi connectivity index (χ1v) is 4.62. The standard InChI is InChI=1S/C8H5IN2O2.ClH/c9-5-3-6(8(12)13)7-10-1-2-11(7)4-5;/h1-4H,(H,12,13);1H. The second-order valence-electron chi connectivity index (χ2n) is 2.54. The van der Waals surface area contributed by atoms with Crippen LogP contribution in [-0.4, -0.2) is 20.5 Å². The van der Waals surface area contributed by atoms with Crippen molar-refractivity contribution in [1.82, 2.24) is 9.38 Å². The van der Waals surface area contributed by atoms with E-state index in [-0.39, 0.29) is 18.0 Å². The molecule has 2 rings (SSSR count). The maximum absolute atomic E-state index is 10.8. The van der Waals surface area contributed by atoms with Gasteiger partial charge in [-0.1, -0.05) is 0 Å². The van der Waals surface area contributed by atoms with Gasteiger partial charge in [0.1, 0.15) is 5.56 Å². The highest BCUT2D eigenvalue weighted by Crippen LogP contribution is 2.13. The van der Waals surface area contributed by atoms with E-state index in [2.05, 4.69) is 27.6 Å². The van der Waals surface area contributed by atoms with E-state index in [0.29, 0.717) is 5.65 Å². The van der Waals surface area contributed by atoms with Gasteiger partial charge in [-0.05, 0) is 28.7 Å². The van der Waals surface area contributed by atoms with Gasteiger partial charge in [-0.3, -0.25) is 0 Å². The van der Waals surface area contributed by atoms with Crippen LogP contribution >= 0.6 is 35.0 Å². The maximum Gasteiger partial charge on any atom is 0.339 e. The van der Waals surface area contributed by atoms with Crippen LogP contribution in [0.2, 0.25) is 0 Å². The summed E-state index contributed by atoms with van der Waals surface area (Å²) in [6.07, 6.45) is 5.14. The molecule has 0 radical (unpaired) electrons. The fourth-order valence-electron chi connectivity index (χ4n) is 1.16. The molecule has 2 heterocycles. The summed E-state index contributed by atoms with van der Waals surface area (Å²) in [5, 5.41) is 8.87. The number of aromatic nitrogens is 2. The largest absolute Gasteiger partial charge is 0.478 e. The number of carbonyl (C=O) groups is 1. The van der Waals surface area contributed by atoms with E-state index >= 15 is 0 Å². The highest BCUT2D eigenvalue weighted by atomic mass is 127. The van der Waals surface area contributed by atoms with Gasteiger partial charge in [0.15, 0.2) is 5.65 Å². The molecule has 0 atom stereocenters. The molecule has 0 unspecified atom stereocenters. The lowest BCUT2D eigenvalue weighted by Crippen LogP contribution is -2.01. The van der Waals surface area contributed by atoms with E-state index < -0.39 is 5.97 Å². The van der Waals surface area contributed by atoms with Gasteiger partial charge >= 0.3 is 5.97 Å². The van der Waals surface area contributed by atoms with Gasteiger partial charge in [0, 0.05) is 22.2 Å². The van der Waals surface area contributed by atoms with Crippen molar-refractivity contribution in [2.45, 2.75) is 0 Å². The number of hydrogen-bond donors (Lipinski definition) is 1. The van der Waals surface area contributed by atoms with Crippen LogP contribution in [0.3, 0.4) is 0 Å². The summed E-state index contributed by atoms with van der Waals surface area (Å²) in [7, 11) is 0. The lowest BCUT2D eigenvalue weighted by molar-refractivity contribution is 0.0698. The molecule has 2 aromatic heterocycles. The number of pyridine rings is 1. The zero-order valence-corrected chi connectivity index (χ0v) is 9.82. The highest BCUT2D eigenvalue weighted by Gasteiger charge is 2.10. The van der Waals surface area contributed by atoms with E-state index in [9.17, 15) is 4.79 Å². The Bertz CT molecular complexity index is 483. The first kappa shape index (κ1) is 11.3. The van der Waals surface area contributed by atoms with Gasteiger partial charge in [-0.15, -0.1) is 12.4 Å². The number of carboxylic acids is 1. The Morgan fingerprint density at radius 1 is 1.57 bits per heavy atom. The lowest BCUT2D eigenvalue weighted by Gasteiger charge is -1.99. The number of carboxylic acid groups (broad SMARTS) is 1. The molecule has 6 heteroatoms. The van der Waals surface area contributed by atoms with Gasteiger partial charge in [-0.2, -0.15) is 0 Å². The Hall–Kier alpha value is -0.820. The van der Waals surface area contributed by atoms with E-state index in [0.717, 1.165) is 3.57 Å². The van der Waals surface area contributed by atoms with Crippen LogP contribution in [0.4, 0.5) is 0 Å². The van der Waals surface area contributed by atoms with Crippen LogP contribution in [0.25, 0.3) is 5.65 Å². The molecule has 0 aliphatic heterocycles. The summed E-state index contributed by atoms with van der Waals surface area (Å²) in [4.78, 5) is 14.8. The monoisotopic (exact) mass is 324 g/mol. The van der Waals surface area contributed by atoms with Gasteiger partial charge in [0.2, 0.25) is 0 Å². The number of rotatable bonds is 1. The molecule has 0 amide bonds. The smallest absolute Gasteiger partial charge is 0.339 e. The second kappa shape index (κ2) is 4.14. The molecule has 0 aliphatic carbocycles. The quantitative estimate of drug-likeness (QED) is 0.817. The molecule has 0 aromatic carbocycles. The molecular formula is C8H6ClIN2O2. The van der Waals surface area contributed by atoms with E-state index in [1.165, 1.54) is 0 Å². The number of fused-ring (bicyclic) bond motifs is 1. The third-order valence-corrected chi connectivity index (χ3v) is 2.27. The molecule has 0 spiro atoms. The molecule has 0 saturated carbocycles. The zero-order valence-electron chi connectivity index (χ0n) is 6.85. The molecular weight excluding hydrogens is 318 g/mol. The third-order valence-electron chi connectivity index (χ3n) is 1.68. The summed E-state index contributed by atoms with van der Waals surface area (Å²) in [5.41, 5.74) is 0.713. The van der Waals surface area contributed by atoms with E-state index in [1.54, 1.807) is 22.9 Å². The Balaban J connectivity index is 0.000000980. The number of imidazole rings is 1. The van der Waals surface area contributed by atoms with Crippen molar-refractivity contribution in [3.8, 4) is 0 Å². The Morgan fingerprint density at radius 2 is 2.29 bits per heavy atom. The van der Waals surface area contributed by atoms with Crippen molar-refractivity contribution >= 4 is 46.6 Å². The summed E-state index contributed by atoms with van der Waals surface area (Å²) in [6, 6.07) is 1.60. The third kappa shape index (κ3) is 1.83. The summed E-state index contributed by atoms with van der Waals surface area (Å²) in [5.74, 6) is -0.949. The summed E-state index contributed by atoms with van der Waals surface area (Å²) >= 11 is 2.07. The SMILES string of the molecule is Cl.O=C(O)c1cc(I)cn2ccnc12. The van der Waals surface area contributed by atoms with Crippen molar-refractivity contribution in [2.24, 2.45) is 0 Å². The van der Waals surface area contributed by atoms with Crippen LogP contribution in [0.5, 0.6) is 0 Å². The molecule has 0 aliphatic rings. The second-order valence-corrected chi connectivity index (χ2v) is 3.78. The normalized spacial score (nSPS) is 9.79. The summed E-state index contributed by atoms with van der Waals surface area (Å²) < 4.78 is 2.58. The van der Waals surface area contributed by atoms with Crippen LogP contribution in [0, 0.1) is 3.57 Å². The Labute approximate surface area is 99.5 Å². The van der Waals surface area contributed by atoms with Crippen molar-refractivity contribution in [1.29, 1.82) is 0 Å². The minimum absolute atomic E-state index is 0. The first-order valence-electron chi connectivity index (χ1n) is 3.54. The van der Waals surface area contributed by atoms with Crippen molar-refractivity contribution in [3.05, 3.63) is 33.8 Å². The first-order chi connectivity index (χ1) is 6.18. The Morgan fingerprint density at radius 3 is 2.93 bits per heavy atom. The molecule has 0 saturated heterocycles. The maximum atomic E-state index is 10.8. The van der Waals surface area contributed by atoms with Crippen molar-refractivity contribution < 1.29 is 9.90 Å². The number of nitrogens with zero attached hydrogens (tertiary/aromatic N) is 2. The lowest BCUT2D eigenvalue weighted by atomic mass is 10.3. The van der Waals surface area contributed by atoms with E-state index in [4.69, 9.17) is 5.11 Å². The van der Waals surface area contributed by atoms with Gasteiger partial charge in [0.25, 0.3) is 0 Å². The Kier molecular flexibility index (Phi) is 3.33. The van der Waals surface area contributed by atoms with Crippen molar-refractivity contribution in [3.63, 3.8) is 0 Å². The minimum atomic E-state index is -0.949. The van der Waals surface area contributed by atoms with Crippen LogP contribution in [0.15, 0.2) is 24.7 Å². The zero-order chi connectivity index (χ0) is 9.42. The van der Waals surface area contributed by atoms with Gasteiger partial charge in [0.05, 0.1) is 0 Å². The predicted octanol–water partition coefficient (Wildman–Crippen LogP) is 2.06. The number of aromatic carboxylic acids is 1. The molecule has 1 N–H and O–H groups in total. The molecule has 14 heavy (non-hydrogen) atoms. The van der Waals surface area contributed by atoms with Crippen LogP contribution in [-0.2, 0) is 0 Å². The molecule has 4 nitrogen and oxygen atoms in total. The molecule has 0 bridgehead atoms. The molecule has 74 valence electrons. The van der Waals surface area contributed by atoms with Crippen LogP contribution in [0.1, 0.15) is 10.4 Å². The van der Waals surface area contributed by atoms with Gasteiger partial charge in [-0.25, -0.2) is 9.78 Å². The average molecular weight is 325 g/mol. The fraction of sp³-hybridized carbons (Fsp3) is 0.